The first-order valence-corrected chi connectivity index (χ1v) is 21.4. The van der Waals surface area contributed by atoms with Crippen molar-refractivity contribution in [3.05, 3.63) is 171 Å². The van der Waals surface area contributed by atoms with Crippen molar-refractivity contribution in [1.29, 1.82) is 0 Å². The molecule has 6 aliphatic carbocycles. The number of amidine groups is 1. The minimum Gasteiger partial charge on any atom is -0.616 e. The van der Waals surface area contributed by atoms with E-state index in [1.807, 2.05) is 0 Å². The van der Waals surface area contributed by atoms with Crippen LogP contribution in [-0.2, 0) is 11.2 Å². The zero-order chi connectivity index (χ0) is 37.0. The van der Waals surface area contributed by atoms with Crippen LogP contribution in [0.3, 0.4) is 0 Å². The molecule has 56 heavy (non-hydrogen) atoms. The van der Waals surface area contributed by atoms with Crippen LogP contribution in [0.25, 0.3) is 27.7 Å². The fourth-order valence-electron chi connectivity index (χ4n) is 10.9. The minimum atomic E-state index is -0.233. The Kier molecular flexibility index (Phi) is 8.79. The molecule has 8 aliphatic rings. The van der Waals surface area contributed by atoms with Gasteiger partial charge in [-0.1, -0.05) is 109 Å². The summed E-state index contributed by atoms with van der Waals surface area (Å²) in [5.74, 6) is 3.17. The number of benzene rings is 2. The number of ether oxygens (including phenoxy) is 1. The third-order valence-electron chi connectivity index (χ3n) is 13.6. The van der Waals surface area contributed by atoms with E-state index in [1.54, 1.807) is 5.57 Å². The van der Waals surface area contributed by atoms with E-state index in [0.717, 1.165) is 63.0 Å². The van der Waals surface area contributed by atoms with Crippen LogP contribution in [0.1, 0.15) is 81.9 Å². The summed E-state index contributed by atoms with van der Waals surface area (Å²) in [6, 6.07) is 19.8. The van der Waals surface area contributed by atoms with E-state index >= 15 is 0 Å². The average molecular weight is 736 g/mol. The molecule has 0 radical (unpaired) electrons. The van der Waals surface area contributed by atoms with Crippen molar-refractivity contribution in [2.75, 3.05) is 0 Å². The highest BCUT2D eigenvalue weighted by molar-refractivity contribution is 6.02. The first kappa shape index (κ1) is 34.1. The van der Waals surface area contributed by atoms with Gasteiger partial charge in [-0.15, -0.1) is 0 Å². The number of nitrogens with zero attached hydrogens (tertiary/aromatic N) is 3. The van der Waals surface area contributed by atoms with Gasteiger partial charge in [0, 0.05) is 33.8 Å². The van der Waals surface area contributed by atoms with Gasteiger partial charge in [-0.25, -0.2) is 0 Å². The van der Waals surface area contributed by atoms with Crippen molar-refractivity contribution in [2.45, 2.75) is 95.5 Å². The van der Waals surface area contributed by atoms with Gasteiger partial charge in [0.1, 0.15) is 17.7 Å². The maximum atomic E-state index is 7.06. The van der Waals surface area contributed by atoms with Gasteiger partial charge >= 0.3 is 0 Å². The van der Waals surface area contributed by atoms with Crippen LogP contribution in [0.2, 0.25) is 0 Å². The molecule has 282 valence electrons. The van der Waals surface area contributed by atoms with E-state index in [9.17, 15) is 0 Å². The van der Waals surface area contributed by atoms with E-state index in [0.29, 0.717) is 17.8 Å². The molecular weight excluding hydrogens is 685 g/mol. The molecule has 0 bridgehead atoms. The predicted octanol–water partition coefficient (Wildman–Crippen LogP) is 11.8. The topological polar surface area (TPSA) is 52.7 Å². The number of aliphatic imine (C=N–C) groups is 1. The number of allylic oxidation sites excluding steroid dienone is 10. The number of hydrogen-bond donors (Lipinski definition) is 1. The van der Waals surface area contributed by atoms with E-state index in [1.165, 1.54) is 81.4 Å². The van der Waals surface area contributed by atoms with Crippen molar-refractivity contribution in [3.8, 4) is 5.69 Å². The first-order chi connectivity index (χ1) is 27.8. The zero-order valence-electron chi connectivity index (χ0n) is 32.2. The van der Waals surface area contributed by atoms with Gasteiger partial charge in [0.2, 0.25) is 0 Å². The van der Waals surface area contributed by atoms with E-state index in [4.69, 9.17) is 15.0 Å². The van der Waals surface area contributed by atoms with E-state index in [-0.39, 0.29) is 18.4 Å². The number of hydrogen-bond acceptors (Lipinski definition) is 3. The van der Waals surface area contributed by atoms with Gasteiger partial charge in [0.15, 0.2) is 0 Å². The number of fused-ring (bicyclic) bond motifs is 6. The lowest BCUT2D eigenvalue weighted by atomic mass is 9.72. The Morgan fingerprint density at radius 1 is 0.786 bits per heavy atom. The molecule has 0 saturated carbocycles. The summed E-state index contributed by atoms with van der Waals surface area (Å²) in [5, 5.41) is 10.7. The molecule has 3 heterocycles. The van der Waals surface area contributed by atoms with Crippen LogP contribution < -0.4 is 5.32 Å². The molecule has 0 amide bonds. The van der Waals surface area contributed by atoms with Crippen LogP contribution in [0.5, 0.6) is 0 Å². The van der Waals surface area contributed by atoms with Gasteiger partial charge in [-0.05, 0) is 142 Å². The molecule has 1 N–H and O–H groups in total. The fourth-order valence-corrected chi connectivity index (χ4v) is 10.9. The second-order valence-corrected chi connectivity index (χ2v) is 16.8. The Hall–Kier alpha value is -5.13. The maximum Gasteiger partial charge on any atom is 0.129 e. The second kappa shape index (κ2) is 14.4. The van der Waals surface area contributed by atoms with Crippen LogP contribution in [0.4, 0.5) is 0 Å². The van der Waals surface area contributed by atoms with Crippen LogP contribution in [0, 0.1) is 17.8 Å². The fraction of sp³-hybridized carbons (Fsp3) is 0.353. The Morgan fingerprint density at radius 2 is 1.70 bits per heavy atom. The minimum absolute atomic E-state index is 0.0250. The molecule has 1 aromatic heterocycles. The quantitative estimate of drug-likeness (QED) is 0.256. The molecule has 2 aromatic carbocycles. The smallest absolute Gasteiger partial charge is 0.129 e. The number of aromatic nitrogens is 1. The van der Waals surface area contributed by atoms with Crippen molar-refractivity contribution < 1.29 is 4.74 Å². The Labute approximate surface area is 331 Å². The monoisotopic (exact) mass is 735 g/mol. The van der Waals surface area contributed by atoms with Crippen molar-refractivity contribution >= 4 is 22.5 Å². The summed E-state index contributed by atoms with van der Waals surface area (Å²) < 4.78 is 9.54. The average Bonchev–Trinajstić information content (AvgIpc) is 3.83. The van der Waals surface area contributed by atoms with E-state index in [2.05, 4.69) is 131 Å². The van der Waals surface area contributed by atoms with Crippen molar-refractivity contribution in [2.24, 2.45) is 22.7 Å². The lowest BCUT2D eigenvalue weighted by Crippen LogP contribution is -2.46. The highest BCUT2D eigenvalue weighted by Crippen LogP contribution is 2.53. The van der Waals surface area contributed by atoms with Gasteiger partial charge in [-0.3, -0.25) is 4.99 Å². The second-order valence-electron chi connectivity index (χ2n) is 16.8. The number of para-hydroxylation sites is 2. The maximum absolute atomic E-state index is 7.06. The van der Waals surface area contributed by atoms with Gasteiger partial charge < -0.3 is 19.9 Å². The Bertz CT molecular complexity index is 2390. The summed E-state index contributed by atoms with van der Waals surface area (Å²) in [6.07, 6.45) is 39.1. The van der Waals surface area contributed by atoms with Crippen molar-refractivity contribution in [1.82, 2.24) is 9.88 Å². The standard InChI is InChI=1S/C51H51N4O/c1-5-15-33(16-6-1)36-25-27-39(43(31-36)51-53-49(34-17-7-2-8-18-34)52-50(54-51)35-19-9-3-10-20-35)37-26-30-46-42(32-37)40-28-29-45-47(48(40)56-46)41-23-13-14-24-44(41)55(45)38-21-11-4-12-22-38/h2,4,7-9,11-15,17,19-24,26,30-31,34,37,42,46,49,51H,1,3,5-6,10,16,18,25,27-29,32H2,(H,52,54)/q-1. The highest BCUT2D eigenvalue weighted by Gasteiger charge is 2.43. The molecule has 5 nitrogen and oxygen atoms in total. The summed E-state index contributed by atoms with van der Waals surface area (Å²) in [7, 11) is 0. The van der Waals surface area contributed by atoms with E-state index < -0.39 is 0 Å². The number of nitrogens with one attached hydrogen (secondary N) is 1. The molecular formula is C51H51N4O-. The Morgan fingerprint density at radius 3 is 2.55 bits per heavy atom. The van der Waals surface area contributed by atoms with Crippen LogP contribution in [-0.4, -0.2) is 28.8 Å². The number of rotatable bonds is 6. The third kappa shape index (κ3) is 5.98. The molecule has 0 fully saturated rings. The molecule has 11 rings (SSSR count). The summed E-state index contributed by atoms with van der Waals surface area (Å²) >= 11 is 0. The summed E-state index contributed by atoms with van der Waals surface area (Å²) in [6.45, 7) is 0. The molecule has 6 unspecified atom stereocenters. The van der Waals surface area contributed by atoms with Gasteiger partial charge in [0.05, 0.1) is 5.52 Å². The summed E-state index contributed by atoms with van der Waals surface area (Å²) in [5.41, 5.74) is 13.9. The van der Waals surface area contributed by atoms with Gasteiger partial charge in [-0.2, -0.15) is 0 Å². The predicted molar refractivity (Wildman–Crippen MR) is 229 cm³/mol. The molecule has 0 saturated heterocycles. The Balaban J connectivity index is 0.985. The molecule has 6 atom stereocenters. The zero-order valence-corrected chi connectivity index (χ0v) is 32.2. The largest absolute Gasteiger partial charge is 0.616 e. The molecule has 3 aromatic rings. The van der Waals surface area contributed by atoms with Crippen molar-refractivity contribution in [3.63, 3.8) is 0 Å². The molecule has 0 spiro atoms. The lowest BCUT2D eigenvalue weighted by molar-refractivity contribution is 0.178. The SMILES string of the molecule is C1=CCC(C2[N-]C(C3=C(C4C=CC5OC6=C(CCc7c6c6ccccc6n7-c6ccccc6)C5C4)CCC(C4=CCCCC4)=C3)N=C(C3=CCCC=C3)N2)C=C1. The summed E-state index contributed by atoms with van der Waals surface area (Å²) in [4.78, 5) is 5.51. The lowest BCUT2D eigenvalue weighted by Gasteiger charge is -2.49. The molecule has 5 heteroatoms. The highest BCUT2D eigenvalue weighted by atomic mass is 16.5. The van der Waals surface area contributed by atoms with Gasteiger partial charge in [0.25, 0.3) is 0 Å². The molecule has 2 aliphatic heterocycles. The van der Waals surface area contributed by atoms with Crippen LogP contribution >= 0.6 is 0 Å². The van der Waals surface area contributed by atoms with Crippen LogP contribution in [0.15, 0.2) is 160 Å². The normalized spacial score (nSPS) is 29.5. The first-order valence-electron chi connectivity index (χ1n) is 21.4. The third-order valence-corrected chi connectivity index (χ3v) is 13.6.